The Labute approximate surface area is 70.5 Å². The lowest BCUT2D eigenvalue weighted by Crippen LogP contribution is -2.13. The molecule has 0 aromatic heterocycles. The van der Waals surface area contributed by atoms with Crippen molar-refractivity contribution in [1.82, 2.24) is 0 Å². The molecule has 0 spiro atoms. The predicted octanol–water partition coefficient (Wildman–Crippen LogP) is 0.706. The van der Waals surface area contributed by atoms with Crippen molar-refractivity contribution in [3.8, 4) is 0 Å². The molecule has 0 aliphatic carbocycles. The largest absolute Gasteiger partial charge is 0.399 e. The minimum atomic E-state index is -3.19. The average Bonchev–Trinajstić information content (AvgIpc) is 1.91. The van der Waals surface area contributed by atoms with Gasteiger partial charge in [0, 0.05) is 11.4 Å². The van der Waals surface area contributed by atoms with Crippen molar-refractivity contribution in [1.29, 1.82) is 0 Å². The molecular weight excluding hydrogens is 175 g/mol. The zero-order valence-corrected chi connectivity index (χ0v) is 7.29. The zero-order chi connectivity index (χ0) is 9.19. The van der Waals surface area contributed by atoms with Crippen LogP contribution in [0.5, 0.6) is 0 Å². The third-order valence-electron chi connectivity index (χ3n) is 1.21. The van der Waals surface area contributed by atoms with E-state index in [0.29, 0.717) is 11.4 Å². The number of rotatable bonds is 2. The first-order valence-electron chi connectivity index (χ1n) is 3.28. The van der Waals surface area contributed by atoms with Crippen LogP contribution in [0.3, 0.4) is 0 Å². The second-order valence-electron chi connectivity index (χ2n) is 2.44. The third-order valence-corrected chi connectivity index (χ3v) is 1.82. The molecule has 7 N–H and O–H groups in total. The topological polar surface area (TPSA) is 107 Å². The summed E-state index contributed by atoms with van der Waals surface area (Å²) in [7, 11) is -3.19. The molecule has 0 saturated heterocycles. The van der Waals surface area contributed by atoms with E-state index in [2.05, 4.69) is 5.09 Å². The fourth-order valence-corrected chi connectivity index (χ4v) is 1.31. The van der Waals surface area contributed by atoms with Gasteiger partial charge in [0.1, 0.15) is 0 Å². The zero-order valence-electron chi connectivity index (χ0n) is 6.40. The third kappa shape index (κ3) is 2.92. The van der Waals surface area contributed by atoms with Gasteiger partial charge in [-0.1, -0.05) is 0 Å². The van der Waals surface area contributed by atoms with Crippen LogP contribution in [0.25, 0.3) is 0 Å². The van der Waals surface area contributed by atoms with Gasteiger partial charge in [0.25, 0.3) is 7.59 Å². The first-order valence-corrected chi connectivity index (χ1v) is 5.13. The average molecular weight is 186 g/mol. The standard InChI is InChI=1S/C6H11N4OP/c7-5-1-3-6(4-2-5)10-12(8,9)11/h1-4H,7H2,(H5,8,9,10,11). The molecule has 0 aliphatic rings. The monoisotopic (exact) mass is 186 g/mol. The van der Waals surface area contributed by atoms with Gasteiger partial charge in [-0.05, 0) is 24.3 Å². The fourth-order valence-electron chi connectivity index (χ4n) is 0.759. The molecule has 66 valence electrons. The van der Waals surface area contributed by atoms with E-state index in [9.17, 15) is 4.57 Å². The molecule has 0 unspecified atom stereocenters. The van der Waals surface area contributed by atoms with Crippen molar-refractivity contribution in [3.05, 3.63) is 24.3 Å². The van der Waals surface area contributed by atoms with E-state index in [1.807, 2.05) is 0 Å². The summed E-state index contributed by atoms with van der Waals surface area (Å²) in [6.45, 7) is 0. The molecule has 0 radical (unpaired) electrons. The summed E-state index contributed by atoms with van der Waals surface area (Å²) < 4.78 is 10.9. The van der Waals surface area contributed by atoms with Gasteiger partial charge in [-0.25, -0.2) is 0 Å². The van der Waals surface area contributed by atoms with Crippen LogP contribution in [0.2, 0.25) is 0 Å². The number of benzene rings is 1. The number of hydrogen-bond donors (Lipinski definition) is 4. The van der Waals surface area contributed by atoms with Gasteiger partial charge < -0.3 is 10.8 Å². The minimum absolute atomic E-state index is 0.595. The lowest BCUT2D eigenvalue weighted by atomic mass is 10.3. The van der Waals surface area contributed by atoms with Crippen molar-refractivity contribution in [2.75, 3.05) is 10.8 Å². The summed E-state index contributed by atoms with van der Waals surface area (Å²) in [5.41, 5.74) is 16.8. The van der Waals surface area contributed by atoms with Crippen LogP contribution in [-0.4, -0.2) is 0 Å². The number of hydrogen-bond acceptors (Lipinski definition) is 2. The van der Waals surface area contributed by atoms with Gasteiger partial charge in [0.05, 0.1) is 0 Å². The Morgan fingerprint density at radius 3 is 2.08 bits per heavy atom. The van der Waals surface area contributed by atoms with Gasteiger partial charge >= 0.3 is 0 Å². The minimum Gasteiger partial charge on any atom is -0.399 e. The molecule has 0 saturated carbocycles. The number of nitrogen functional groups attached to an aromatic ring is 1. The van der Waals surface area contributed by atoms with Crippen molar-refractivity contribution in [2.45, 2.75) is 0 Å². The normalized spacial score (nSPS) is 11.2. The summed E-state index contributed by atoms with van der Waals surface area (Å²) >= 11 is 0. The van der Waals surface area contributed by atoms with Crippen LogP contribution in [0, 0.1) is 0 Å². The molecule has 1 rings (SSSR count). The van der Waals surface area contributed by atoms with Crippen LogP contribution in [0.15, 0.2) is 24.3 Å². The second kappa shape index (κ2) is 3.15. The predicted molar refractivity (Wildman–Crippen MR) is 50.5 cm³/mol. The van der Waals surface area contributed by atoms with Gasteiger partial charge in [0.15, 0.2) is 0 Å². The van der Waals surface area contributed by atoms with Gasteiger partial charge in [0.2, 0.25) is 0 Å². The van der Waals surface area contributed by atoms with E-state index in [0.717, 1.165) is 0 Å². The van der Waals surface area contributed by atoms with Crippen LogP contribution < -0.4 is 21.8 Å². The van der Waals surface area contributed by atoms with E-state index in [1.54, 1.807) is 24.3 Å². The van der Waals surface area contributed by atoms with E-state index in [1.165, 1.54) is 0 Å². The molecule has 12 heavy (non-hydrogen) atoms. The molecule has 0 atom stereocenters. The molecule has 1 aromatic carbocycles. The maximum Gasteiger partial charge on any atom is 0.298 e. The fraction of sp³-hybridized carbons (Fsp3) is 0. The molecule has 5 nitrogen and oxygen atoms in total. The highest BCUT2D eigenvalue weighted by molar-refractivity contribution is 7.60. The first kappa shape index (κ1) is 9.06. The summed E-state index contributed by atoms with van der Waals surface area (Å²) in [5, 5.41) is 2.46. The van der Waals surface area contributed by atoms with E-state index < -0.39 is 7.59 Å². The van der Waals surface area contributed by atoms with Crippen LogP contribution in [0.1, 0.15) is 0 Å². The molecule has 0 fully saturated rings. The number of nitrogens with one attached hydrogen (secondary N) is 1. The maximum atomic E-state index is 10.9. The van der Waals surface area contributed by atoms with E-state index in [-0.39, 0.29) is 0 Å². The van der Waals surface area contributed by atoms with Gasteiger partial charge in [-0.3, -0.25) is 15.6 Å². The van der Waals surface area contributed by atoms with Crippen molar-refractivity contribution < 1.29 is 4.57 Å². The van der Waals surface area contributed by atoms with Crippen molar-refractivity contribution in [2.24, 2.45) is 11.0 Å². The Kier molecular flexibility index (Phi) is 2.38. The number of nitrogens with two attached hydrogens (primary N) is 3. The Balaban J connectivity index is 2.78. The smallest absolute Gasteiger partial charge is 0.298 e. The SMILES string of the molecule is Nc1ccc(NP(N)(N)=O)cc1. The van der Waals surface area contributed by atoms with E-state index >= 15 is 0 Å². The summed E-state index contributed by atoms with van der Waals surface area (Å²) in [6.07, 6.45) is 0. The molecule has 0 bridgehead atoms. The molecule has 1 aromatic rings. The Morgan fingerprint density at radius 1 is 1.17 bits per heavy atom. The summed E-state index contributed by atoms with van der Waals surface area (Å²) in [6, 6.07) is 6.64. The Morgan fingerprint density at radius 2 is 1.67 bits per heavy atom. The number of anilines is 2. The van der Waals surface area contributed by atoms with Crippen LogP contribution in [-0.2, 0) is 4.57 Å². The first-order chi connectivity index (χ1) is 5.47. The summed E-state index contributed by atoms with van der Waals surface area (Å²) in [5.74, 6) is 0. The Hall–Kier alpha value is -1.03. The highest BCUT2D eigenvalue weighted by atomic mass is 31.2. The molecule has 0 amide bonds. The quantitative estimate of drug-likeness (QED) is 0.402. The molecule has 6 heteroatoms. The molecule has 0 heterocycles. The van der Waals surface area contributed by atoms with Gasteiger partial charge in [-0.15, -0.1) is 0 Å². The maximum absolute atomic E-state index is 10.9. The van der Waals surface area contributed by atoms with Gasteiger partial charge in [-0.2, -0.15) is 0 Å². The van der Waals surface area contributed by atoms with Crippen molar-refractivity contribution >= 4 is 19.0 Å². The summed E-state index contributed by atoms with van der Waals surface area (Å²) in [4.78, 5) is 0. The van der Waals surface area contributed by atoms with Crippen LogP contribution >= 0.6 is 7.59 Å². The van der Waals surface area contributed by atoms with Crippen molar-refractivity contribution in [3.63, 3.8) is 0 Å². The second-order valence-corrected chi connectivity index (χ2v) is 4.09. The highest BCUT2D eigenvalue weighted by Crippen LogP contribution is 2.27. The molecular formula is C6H11N4OP. The van der Waals surface area contributed by atoms with E-state index in [4.69, 9.17) is 16.7 Å². The molecule has 0 aliphatic heterocycles. The lowest BCUT2D eigenvalue weighted by Gasteiger charge is -2.09. The lowest BCUT2D eigenvalue weighted by molar-refractivity contribution is 0.580. The Bertz CT molecular complexity index is 304. The highest BCUT2D eigenvalue weighted by Gasteiger charge is 2.06. The van der Waals surface area contributed by atoms with Crippen LogP contribution in [0.4, 0.5) is 11.4 Å².